The van der Waals surface area contributed by atoms with E-state index in [0.717, 1.165) is 5.56 Å². The monoisotopic (exact) mass is 317 g/mol. The summed E-state index contributed by atoms with van der Waals surface area (Å²) in [5.74, 6) is -0.402. The molecule has 2 rings (SSSR count). The molecular formula is C13H13Cl2NO4. The molecule has 0 aromatic heterocycles. The van der Waals surface area contributed by atoms with Crippen LogP contribution in [0.3, 0.4) is 0 Å². The fraction of sp³-hybridized carbons (Fsp3) is 0.385. The molecule has 20 heavy (non-hydrogen) atoms. The van der Waals surface area contributed by atoms with Gasteiger partial charge in [0.15, 0.2) is 0 Å². The van der Waals surface area contributed by atoms with Gasteiger partial charge in [0.2, 0.25) is 0 Å². The Balaban J connectivity index is 2.33. The van der Waals surface area contributed by atoms with Crippen molar-refractivity contribution in [2.75, 3.05) is 19.7 Å². The smallest absolute Gasteiger partial charge is 0.407 e. The van der Waals surface area contributed by atoms with Crippen molar-refractivity contribution in [3.8, 4) is 0 Å². The Morgan fingerprint density at radius 1 is 1.40 bits per heavy atom. The van der Waals surface area contributed by atoms with Crippen LogP contribution in [-0.4, -0.2) is 48.2 Å². The molecule has 1 aromatic carbocycles. The van der Waals surface area contributed by atoms with Gasteiger partial charge in [0, 0.05) is 19.0 Å². The highest BCUT2D eigenvalue weighted by atomic mass is 35.5. The van der Waals surface area contributed by atoms with Crippen molar-refractivity contribution in [2.24, 2.45) is 0 Å². The number of amides is 1. The molecule has 1 fully saturated rings. The Morgan fingerprint density at radius 2 is 2.15 bits per heavy atom. The van der Waals surface area contributed by atoms with E-state index in [1.54, 1.807) is 18.2 Å². The van der Waals surface area contributed by atoms with Gasteiger partial charge in [-0.05, 0) is 17.7 Å². The van der Waals surface area contributed by atoms with Gasteiger partial charge in [-0.15, -0.1) is 0 Å². The van der Waals surface area contributed by atoms with E-state index in [-0.39, 0.29) is 19.7 Å². The number of hydrogen-bond acceptors (Lipinski definition) is 3. The molecule has 1 aliphatic heterocycles. The lowest BCUT2D eigenvalue weighted by molar-refractivity contribution is -0.118. The van der Waals surface area contributed by atoms with Crippen LogP contribution in [0.25, 0.3) is 0 Å². The van der Waals surface area contributed by atoms with Crippen LogP contribution < -0.4 is 0 Å². The van der Waals surface area contributed by atoms with Gasteiger partial charge in [-0.1, -0.05) is 29.3 Å². The first kappa shape index (κ1) is 15.1. The van der Waals surface area contributed by atoms with Crippen LogP contribution in [0.1, 0.15) is 11.5 Å². The number of ether oxygens (including phenoxy) is 1. The number of nitrogens with zero attached hydrogens (tertiary/aromatic N) is 1. The quantitative estimate of drug-likeness (QED) is 0.851. The molecule has 1 saturated heterocycles. The molecule has 7 heteroatoms. The minimum absolute atomic E-state index is 0.177. The van der Waals surface area contributed by atoms with Gasteiger partial charge in [-0.3, -0.25) is 0 Å². The van der Waals surface area contributed by atoms with Crippen molar-refractivity contribution in [2.45, 2.75) is 12.0 Å². The van der Waals surface area contributed by atoms with Crippen LogP contribution in [0.4, 0.5) is 4.79 Å². The molecule has 0 bridgehead atoms. The highest BCUT2D eigenvalue weighted by molar-refractivity contribution is 6.42. The van der Waals surface area contributed by atoms with Crippen LogP contribution in [0.15, 0.2) is 18.2 Å². The van der Waals surface area contributed by atoms with Gasteiger partial charge in [0.1, 0.15) is 12.4 Å². The summed E-state index contributed by atoms with van der Waals surface area (Å²) in [6, 6.07) is 4.99. The fourth-order valence-electron chi connectivity index (χ4n) is 2.19. The van der Waals surface area contributed by atoms with Crippen molar-refractivity contribution < 1.29 is 19.4 Å². The van der Waals surface area contributed by atoms with E-state index in [4.69, 9.17) is 33.0 Å². The maximum atomic E-state index is 11.2. The van der Waals surface area contributed by atoms with E-state index in [2.05, 4.69) is 0 Å². The maximum Gasteiger partial charge on any atom is 0.407 e. The highest BCUT2D eigenvalue weighted by Gasteiger charge is 2.31. The first-order chi connectivity index (χ1) is 9.52. The first-order valence-corrected chi connectivity index (χ1v) is 6.78. The van der Waals surface area contributed by atoms with Crippen LogP contribution in [0, 0.1) is 0 Å². The van der Waals surface area contributed by atoms with Gasteiger partial charge in [-0.2, -0.15) is 0 Å². The summed E-state index contributed by atoms with van der Waals surface area (Å²) < 4.78 is 5.42. The Hall–Kier alpha value is -1.30. The summed E-state index contributed by atoms with van der Waals surface area (Å²) in [6.07, 6.45) is -1.04. The summed E-state index contributed by atoms with van der Waals surface area (Å²) in [7, 11) is 0. The lowest BCUT2D eigenvalue weighted by Gasteiger charge is -2.24. The third-order valence-electron chi connectivity index (χ3n) is 3.26. The number of carboxylic acid groups (broad SMARTS) is 1. The molecule has 0 radical (unpaired) electrons. The maximum absolute atomic E-state index is 11.2. The third kappa shape index (κ3) is 3.23. The number of carbonyl (C=O) groups excluding carboxylic acids is 1. The second-order valence-corrected chi connectivity index (χ2v) is 5.29. The SMILES string of the molecule is O=C[C@@H]1OCCN(C(=O)O)C[C@H]1c1ccc(Cl)c(Cl)c1. The number of benzene rings is 1. The molecule has 1 amide bonds. The van der Waals surface area contributed by atoms with Gasteiger partial charge in [0.05, 0.1) is 16.7 Å². The molecule has 1 N–H and O–H groups in total. The molecule has 0 spiro atoms. The van der Waals surface area contributed by atoms with E-state index < -0.39 is 18.1 Å². The Kier molecular flexibility index (Phi) is 4.86. The lowest BCUT2D eigenvalue weighted by atomic mass is 9.93. The van der Waals surface area contributed by atoms with Gasteiger partial charge < -0.3 is 19.5 Å². The van der Waals surface area contributed by atoms with Crippen LogP contribution in [0.2, 0.25) is 10.0 Å². The molecule has 2 atom stereocenters. The standard InChI is InChI=1S/C13H13Cl2NO4/c14-10-2-1-8(5-11(10)15)9-6-16(13(18)19)3-4-20-12(9)7-17/h1-2,5,7,9,12H,3-4,6H2,(H,18,19)/t9-,12-/m0/s1. The van der Waals surface area contributed by atoms with Crippen molar-refractivity contribution >= 4 is 35.6 Å². The van der Waals surface area contributed by atoms with Crippen molar-refractivity contribution in [3.63, 3.8) is 0 Å². The van der Waals surface area contributed by atoms with Crippen molar-refractivity contribution in [3.05, 3.63) is 33.8 Å². The van der Waals surface area contributed by atoms with E-state index >= 15 is 0 Å². The van der Waals surface area contributed by atoms with Crippen molar-refractivity contribution in [1.29, 1.82) is 0 Å². The number of rotatable bonds is 2. The third-order valence-corrected chi connectivity index (χ3v) is 4.00. The molecule has 108 valence electrons. The van der Waals surface area contributed by atoms with E-state index in [1.807, 2.05) is 0 Å². The number of hydrogen-bond donors (Lipinski definition) is 1. The summed E-state index contributed by atoms with van der Waals surface area (Å²) in [5, 5.41) is 9.89. The minimum atomic E-state index is -1.04. The second-order valence-electron chi connectivity index (χ2n) is 4.48. The fourth-order valence-corrected chi connectivity index (χ4v) is 2.50. The Morgan fingerprint density at radius 3 is 2.75 bits per heavy atom. The Bertz CT molecular complexity index is 523. The van der Waals surface area contributed by atoms with Gasteiger partial charge in [-0.25, -0.2) is 4.79 Å². The molecular weight excluding hydrogens is 305 g/mol. The van der Waals surface area contributed by atoms with Crippen molar-refractivity contribution in [1.82, 2.24) is 4.90 Å². The summed E-state index contributed by atoms with van der Waals surface area (Å²) in [5.41, 5.74) is 0.727. The molecule has 1 aromatic rings. The predicted molar refractivity (Wildman–Crippen MR) is 74.6 cm³/mol. The zero-order chi connectivity index (χ0) is 14.7. The first-order valence-electron chi connectivity index (χ1n) is 6.02. The minimum Gasteiger partial charge on any atom is -0.465 e. The lowest BCUT2D eigenvalue weighted by Crippen LogP contribution is -2.35. The molecule has 0 unspecified atom stereocenters. The zero-order valence-corrected chi connectivity index (χ0v) is 12.0. The summed E-state index contributed by atoms with van der Waals surface area (Å²) in [4.78, 5) is 23.5. The average Bonchev–Trinajstić information content (AvgIpc) is 2.64. The number of aldehydes is 1. The summed E-state index contributed by atoms with van der Waals surface area (Å²) in [6.45, 7) is 0.599. The van der Waals surface area contributed by atoms with Crippen LogP contribution in [0.5, 0.6) is 0 Å². The highest BCUT2D eigenvalue weighted by Crippen LogP contribution is 2.30. The van der Waals surface area contributed by atoms with Crippen LogP contribution in [-0.2, 0) is 9.53 Å². The molecule has 1 heterocycles. The van der Waals surface area contributed by atoms with Gasteiger partial charge >= 0.3 is 6.09 Å². The molecule has 5 nitrogen and oxygen atoms in total. The Labute approximate surface area is 126 Å². The van der Waals surface area contributed by atoms with Gasteiger partial charge in [0.25, 0.3) is 0 Å². The topological polar surface area (TPSA) is 66.8 Å². The van der Waals surface area contributed by atoms with E-state index in [9.17, 15) is 9.59 Å². The number of carbonyl (C=O) groups is 2. The second kappa shape index (κ2) is 6.43. The van der Waals surface area contributed by atoms with Crippen LogP contribution >= 0.6 is 23.2 Å². The average molecular weight is 318 g/mol. The zero-order valence-electron chi connectivity index (χ0n) is 10.5. The summed E-state index contributed by atoms with van der Waals surface area (Å²) >= 11 is 11.8. The predicted octanol–water partition coefficient (Wildman–Crippen LogP) is 2.65. The molecule has 0 aliphatic carbocycles. The van der Waals surface area contributed by atoms with E-state index in [0.29, 0.717) is 16.3 Å². The number of halogens is 2. The normalized spacial score (nSPS) is 23.2. The van der Waals surface area contributed by atoms with E-state index in [1.165, 1.54) is 4.90 Å². The molecule has 0 saturated carbocycles. The molecule has 1 aliphatic rings. The largest absolute Gasteiger partial charge is 0.465 e.